The van der Waals surface area contributed by atoms with Crippen LogP contribution in [0.2, 0.25) is 0 Å². The van der Waals surface area contributed by atoms with Crippen LogP contribution in [0.25, 0.3) is 22.3 Å². The van der Waals surface area contributed by atoms with Crippen molar-refractivity contribution in [2.45, 2.75) is 0 Å². The molecule has 0 aliphatic rings. The zero-order valence-electron chi connectivity index (χ0n) is 10.5. The lowest BCUT2D eigenvalue weighted by Gasteiger charge is -2.02. The fraction of sp³-hybridized carbons (Fsp3) is 0. The molecule has 0 aliphatic carbocycles. The molecule has 0 saturated heterocycles. The van der Waals surface area contributed by atoms with E-state index in [-0.39, 0.29) is 11.1 Å². The van der Waals surface area contributed by atoms with Crippen LogP contribution in [0.15, 0.2) is 75.0 Å². The summed E-state index contributed by atoms with van der Waals surface area (Å²) in [5, 5.41) is 0. The molecule has 0 fully saturated rings. The highest BCUT2D eigenvalue weighted by Gasteiger charge is 2.21. The zero-order chi connectivity index (χ0) is 14.1. The van der Waals surface area contributed by atoms with Gasteiger partial charge in [0.2, 0.25) is 10.9 Å². The summed E-state index contributed by atoms with van der Waals surface area (Å²) in [6.07, 6.45) is 0. The first-order valence-corrected chi connectivity index (χ1v) is 6.18. The molecule has 3 nitrogen and oxygen atoms in total. The van der Waals surface area contributed by atoms with Crippen LogP contribution in [0.3, 0.4) is 0 Å². The molecule has 0 N–H and O–H groups in total. The largest absolute Gasteiger partial charge is 0.285 e. The van der Waals surface area contributed by atoms with E-state index in [2.05, 4.69) is 0 Å². The van der Waals surface area contributed by atoms with Crippen LogP contribution in [0.4, 0.5) is 0 Å². The third-order valence-corrected chi connectivity index (χ3v) is 3.24. The number of rotatable bonds is 2. The van der Waals surface area contributed by atoms with Crippen LogP contribution in [-0.2, 0) is 0 Å². The minimum atomic E-state index is -0.956. The Kier molecular flexibility index (Phi) is 2.88. The van der Waals surface area contributed by atoms with Crippen LogP contribution >= 0.6 is 0 Å². The standard InChI is InChI=1S/C17H10O3/c18-15-13(11-7-3-1-4-8-11)14(16(19)17(15)20)12-9-5-2-6-10-12/h1-10H. The summed E-state index contributed by atoms with van der Waals surface area (Å²) in [5.41, 5.74) is -0.812. The minimum absolute atomic E-state index is 0.201. The normalized spacial score (nSPS) is 10.6. The molecular weight excluding hydrogens is 252 g/mol. The predicted molar refractivity (Wildman–Crippen MR) is 78.5 cm³/mol. The van der Waals surface area contributed by atoms with E-state index in [1.165, 1.54) is 0 Å². The maximum absolute atomic E-state index is 12.1. The van der Waals surface area contributed by atoms with E-state index < -0.39 is 16.3 Å². The molecule has 96 valence electrons. The molecule has 0 spiro atoms. The maximum atomic E-state index is 12.1. The summed E-state index contributed by atoms with van der Waals surface area (Å²) in [5.74, 6) is 0. The molecule has 3 rings (SSSR count). The SMILES string of the molecule is O=c1c(-c2ccccc2)c(-c2ccccc2)c(=O)c1=O. The molecule has 3 aromatic carbocycles. The highest BCUT2D eigenvalue weighted by molar-refractivity contribution is 5.84. The van der Waals surface area contributed by atoms with Gasteiger partial charge >= 0.3 is 0 Å². The van der Waals surface area contributed by atoms with Gasteiger partial charge < -0.3 is 0 Å². The monoisotopic (exact) mass is 262 g/mol. The Bertz CT molecular complexity index is 813. The van der Waals surface area contributed by atoms with Crippen molar-refractivity contribution in [3.8, 4) is 22.3 Å². The van der Waals surface area contributed by atoms with Crippen LogP contribution in [0.5, 0.6) is 0 Å². The average Bonchev–Trinajstić information content (AvgIpc) is 2.73. The Morgan fingerprint density at radius 3 is 1.15 bits per heavy atom. The van der Waals surface area contributed by atoms with Crippen molar-refractivity contribution in [2.75, 3.05) is 0 Å². The van der Waals surface area contributed by atoms with Crippen molar-refractivity contribution in [2.24, 2.45) is 0 Å². The highest BCUT2D eigenvalue weighted by Crippen LogP contribution is 2.25. The number of hydrogen-bond donors (Lipinski definition) is 0. The topological polar surface area (TPSA) is 51.2 Å². The van der Waals surface area contributed by atoms with Crippen LogP contribution in [-0.4, -0.2) is 0 Å². The quantitative estimate of drug-likeness (QED) is 0.663. The first-order chi connectivity index (χ1) is 9.70. The zero-order valence-corrected chi connectivity index (χ0v) is 10.5. The van der Waals surface area contributed by atoms with Gasteiger partial charge in [-0.3, -0.25) is 14.4 Å². The van der Waals surface area contributed by atoms with E-state index in [0.717, 1.165) is 0 Å². The molecule has 0 amide bonds. The minimum Gasteiger partial charge on any atom is -0.285 e. The average molecular weight is 262 g/mol. The summed E-state index contributed by atoms with van der Waals surface area (Å²) < 4.78 is 0. The van der Waals surface area contributed by atoms with E-state index in [9.17, 15) is 14.4 Å². The molecule has 20 heavy (non-hydrogen) atoms. The second kappa shape index (κ2) is 4.70. The molecule has 0 bridgehead atoms. The fourth-order valence-electron chi connectivity index (χ4n) is 2.32. The summed E-state index contributed by atoms with van der Waals surface area (Å²) in [6.45, 7) is 0. The van der Waals surface area contributed by atoms with E-state index in [1.54, 1.807) is 48.5 Å². The summed E-state index contributed by atoms with van der Waals surface area (Å²) in [6, 6.07) is 17.6. The van der Waals surface area contributed by atoms with Gasteiger partial charge in [-0.2, -0.15) is 0 Å². The lowest BCUT2D eigenvalue weighted by molar-refractivity contribution is 1.53. The molecule has 0 aromatic heterocycles. The third kappa shape index (κ3) is 1.80. The van der Waals surface area contributed by atoms with Gasteiger partial charge in [-0.05, 0) is 11.1 Å². The number of hydrogen-bond acceptors (Lipinski definition) is 3. The molecule has 0 radical (unpaired) electrons. The third-order valence-electron chi connectivity index (χ3n) is 3.24. The molecule has 3 heteroatoms. The van der Waals surface area contributed by atoms with Crippen molar-refractivity contribution in [3.05, 3.63) is 91.3 Å². The Morgan fingerprint density at radius 1 is 0.450 bits per heavy atom. The molecule has 0 unspecified atom stereocenters. The van der Waals surface area contributed by atoms with Gasteiger partial charge in [-0.1, -0.05) is 60.7 Å². The van der Waals surface area contributed by atoms with Crippen molar-refractivity contribution in [1.82, 2.24) is 0 Å². The Morgan fingerprint density at radius 2 is 0.800 bits per heavy atom. The van der Waals surface area contributed by atoms with Crippen LogP contribution in [0, 0.1) is 0 Å². The summed E-state index contributed by atoms with van der Waals surface area (Å²) >= 11 is 0. The van der Waals surface area contributed by atoms with Crippen molar-refractivity contribution < 1.29 is 0 Å². The van der Waals surface area contributed by atoms with Gasteiger partial charge in [0.15, 0.2) is 0 Å². The second-order valence-electron chi connectivity index (χ2n) is 4.47. The number of benzene rings is 2. The Balaban J connectivity index is 2.42. The summed E-state index contributed by atoms with van der Waals surface area (Å²) in [4.78, 5) is 35.9. The van der Waals surface area contributed by atoms with E-state index in [1.807, 2.05) is 12.1 Å². The van der Waals surface area contributed by atoms with Crippen molar-refractivity contribution >= 4 is 0 Å². The first kappa shape index (κ1) is 12.2. The van der Waals surface area contributed by atoms with Gasteiger partial charge in [-0.15, -0.1) is 0 Å². The van der Waals surface area contributed by atoms with Gasteiger partial charge in [-0.25, -0.2) is 0 Å². The van der Waals surface area contributed by atoms with Gasteiger partial charge in [0.25, 0.3) is 5.43 Å². The molecular formula is C17H10O3. The lowest BCUT2D eigenvalue weighted by atomic mass is 9.99. The maximum Gasteiger partial charge on any atom is 0.274 e. The van der Waals surface area contributed by atoms with Crippen LogP contribution in [0.1, 0.15) is 0 Å². The molecule has 3 aromatic rings. The van der Waals surface area contributed by atoms with E-state index >= 15 is 0 Å². The van der Waals surface area contributed by atoms with Gasteiger partial charge in [0, 0.05) is 11.1 Å². The lowest BCUT2D eigenvalue weighted by Crippen LogP contribution is -2.30. The molecule has 0 aliphatic heterocycles. The van der Waals surface area contributed by atoms with Gasteiger partial charge in [0.05, 0.1) is 0 Å². The van der Waals surface area contributed by atoms with Gasteiger partial charge in [0.1, 0.15) is 0 Å². The molecule has 0 heterocycles. The predicted octanol–water partition coefficient (Wildman–Crippen LogP) is 1.98. The smallest absolute Gasteiger partial charge is 0.274 e. The highest BCUT2D eigenvalue weighted by atomic mass is 16.2. The van der Waals surface area contributed by atoms with Crippen molar-refractivity contribution in [1.29, 1.82) is 0 Å². The van der Waals surface area contributed by atoms with Crippen molar-refractivity contribution in [3.63, 3.8) is 0 Å². The summed E-state index contributed by atoms with van der Waals surface area (Å²) in [7, 11) is 0. The van der Waals surface area contributed by atoms with Crippen LogP contribution < -0.4 is 16.3 Å². The fourth-order valence-corrected chi connectivity index (χ4v) is 2.32. The Hall–Kier alpha value is -2.81. The van der Waals surface area contributed by atoms with E-state index in [0.29, 0.717) is 11.1 Å². The molecule has 0 saturated carbocycles. The molecule has 0 atom stereocenters. The first-order valence-electron chi connectivity index (χ1n) is 6.18. The van der Waals surface area contributed by atoms with E-state index in [4.69, 9.17) is 0 Å². The second-order valence-corrected chi connectivity index (χ2v) is 4.47. The Labute approximate surface area is 114 Å².